The summed E-state index contributed by atoms with van der Waals surface area (Å²) in [7, 11) is 0. The minimum atomic E-state index is -0.951. The van der Waals surface area contributed by atoms with Crippen LogP contribution in [-0.2, 0) is 14.3 Å². The summed E-state index contributed by atoms with van der Waals surface area (Å²) in [6, 6.07) is -0.762. The Morgan fingerprint density at radius 1 is 1.32 bits per heavy atom. The highest BCUT2D eigenvalue weighted by Gasteiger charge is 2.22. The number of carboxylic acid groups (broad SMARTS) is 1. The Balaban J connectivity index is 2.29. The number of ether oxygens (including phenoxy) is 1. The molecule has 0 radical (unpaired) electrons. The molecule has 0 aliphatic carbocycles. The van der Waals surface area contributed by atoms with Gasteiger partial charge in [-0.25, -0.2) is 4.79 Å². The molecule has 0 aromatic heterocycles. The van der Waals surface area contributed by atoms with Gasteiger partial charge >= 0.3 is 5.97 Å². The van der Waals surface area contributed by atoms with Crippen LogP contribution in [0.4, 0.5) is 0 Å². The van der Waals surface area contributed by atoms with Crippen LogP contribution in [0.5, 0.6) is 0 Å². The van der Waals surface area contributed by atoms with E-state index in [1.54, 1.807) is 0 Å². The first-order chi connectivity index (χ1) is 8.99. The summed E-state index contributed by atoms with van der Waals surface area (Å²) < 4.78 is 5.27. The standard InChI is InChI=1S/C14H25NO4/c1-10(2)9-12(14(17)18)15-13(16)4-3-11-5-7-19-8-6-11/h10-12H,3-9H2,1-2H3,(H,15,16)(H,17,18)/t12-/m1/s1. The Bertz CT molecular complexity index is 298. The van der Waals surface area contributed by atoms with E-state index in [0.29, 0.717) is 18.8 Å². The maximum atomic E-state index is 11.8. The van der Waals surface area contributed by atoms with E-state index in [0.717, 1.165) is 32.5 Å². The fourth-order valence-corrected chi connectivity index (χ4v) is 2.33. The lowest BCUT2D eigenvalue weighted by Crippen LogP contribution is -2.41. The number of hydrogen-bond donors (Lipinski definition) is 2. The van der Waals surface area contributed by atoms with Crippen molar-refractivity contribution in [3.63, 3.8) is 0 Å². The van der Waals surface area contributed by atoms with Gasteiger partial charge in [0.25, 0.3) is 0 Å². The van der Waals surface area contributed by atoms with Gasteiger partial charge in [-0.05, 0) is 37.5 Å². The molecule has 1 saturated heterocycles. The van der Waals surface area contributed by atoms with Gasteiger partial charge in [0.15, 0.2) is 0 Å². The molecule has 0 spiro atoms. The Hall–Kier alpha value is -1.10. The van der Waals surface area contributed by atoms with Crippen LogP contribution in [0.3, 0.4) is 0 Å². The largest absolute Gasteiger partial charge is 0.480 e. The molecule has 2 N–H and O–H groups in total. The SMILES string of the molecule is CC(C)C[C@@H](NC(=O)CCC1CCOCC1)C(=O)O. The maximum absolute atomic E-state index is 11.8. The van der Waals surface area contributed by atoms with Crippen molar-refractivity contribution in [1.82, 2.24) is 5.32 Å². The summed E-state index contributed by atoms with van der Waals surface area (Å²) in [6.45, 7) is 5.45. The normalized spacial score (nSPS) is 18.3. The van der Waals surface area contributed by atoms with Gasteiger partial charge in [0.1, 0.15) is 6.04 Å². The predicted octanol–water partition coefficient (Wildman–Crippen LogP) is 1.81. The fraction of sp³-hybridized carbons (Fsp3) is 0.857. The van der Waals surface area contributed by atoms with Crippen LogP contribution in [0, 0.1) is 11.8 Å². The molecule has 0 bridgehead atoms. The first kappa shape index (κ1) is 16.0. The van der Waals surface area contributed by atoms with Crippen LogP contribution in [0.25, 0.3) is 0 Å². The van der Waals surface area contributed by atoms with Gasteiger partial charge in [0.05, 0.1) is 0 Å². The van der Waals surface area contributed by atoms with Crippen LogP contribution in [0.1, 0.15) is 46.0 Å². The van der Waals surface area contributed by atoms with Crippen LogP contribution >= 0.6 is 0 Å². The van der Waals surface area contributed by atoms with Crippen molar-refractivity contribution >= 4 is 11.9 Å². The van der Waals surface area contributed by atoms with Crippen molar-refractivity contribution in [3.8, 4) is 0 Å². The molecule has 0 aromatic carbocycles. The zero-order valence-corrected chi connectivity index (χ0v) is 11.9. The second-order valence-electron chi connectivity index (χ2n) is 5.68. The van der Waals surface area contributed by atoms with Crippen molar-refractivity contribution < 1.29 is 19.4 Å². The number of carbonyl (C=O) groups excluding carboxylic acids is 1. The Morgan fingerprint density at radius 3 is 2.47 bits per heavy atom. The van der Waals surface area contributed by atoms with Crippen LogP contribution in [0.15, 0.2) is 0 Å². The molecule has 1 atom stereocenters. The Morgan fingerprint density at radius 2 is 1.95 bits per heavy atom. The highest BCUT2D eigenvalue weighted by Crippen LogP contribution is 2.19. The van der Waals surface area contributed by atoms with E-state index >= 15 is 0 Å². The van der Waals surface area contributed by atoms with Crippen molar-refractivity contribution in [2.24, 2.45) is 11.8 Å². The second kappa shape index (κ2) is 8.15. The third-order valence-electron chi connectivity index (χ3n) is 3.46. The summed E-state index contributed by atoms with van der Waals surface area (Å²) in [5.74, 6) is -0.322. The molecule has 5 heteroatoms. The lowest BCUT2D eigenvalue weighted by Gasteiger charge is -2.22. The van der Waals surface area contributed by atoms with Gasteiger partial charge < -0.3 is 15.2 Å². The molecule has 1 fully saturated rings. The van der Waals surface area contributed by atoms with Gasteiger partial charge in [-0.1, -0.05) is 13.8 Å². The lowest BCUT2D eigenvalue weighted by molar-refractivity contribution is -0.142. The molecule has 0 aromatic rings. The summed E-state index contributed by atoms with van der Waals surface area (Å²) in [6.07, 6.45) is 3.71. The van der Waals surface area contributed by atoms with E-state index in [1.165, 1.54) is 0 Å². The van der Waals surface area contributed by atoms with Gasteiger partial charge in [-0.3, -0.25) is 4.79 Å². The quantitative estimate of drug-likeness (QED) is 0.740. The van der Waals surface area contributed by atoms with Crippen molar-refractivity contribution in [2.45, 2.75) is 52.0 Å². The number of carbonyl (C=O) groups is 2. The monoisotopic (exact) mass is 271 g/mol. The molecule has 1 aliphatic rings. The average Bonchev–Trinajstić information content (AvgIpc) is 2.36. The summed E-state index contributed by atoms with van der Waals surface area (Å²) in [5, 5.41) is 11.7. The van der Waals surface area contributed by atoms with Gasteiger partial charge in [0, 0.05) is 19.6 Å². The molecular formula is C14H25NO4. The Labute approximate surface area is 114 Å². The molecule has 0 saturated carbocycles. The van der Waals surface area contributed by atoms with Crippen LogP contribution < -0.4 is 5.32 Å². The minimum absolute atomic E-state index is 0.153. The first-order valence-electron chi connectivity index (χ1n) is 7.09. The zero-order chi connectivity index (χ0) is 14.3. The Kier molecular flexibility index (Phi) is 6.84. The molecule has 1 heterocycles. The molecule has 19 heavy (non-hydrogen) atoms. The average molecular weight is 271 g/mol. The molecule has 1 rings (SSSR count). The fourth-order valence-electron chi connectivity index (χ4n) is 2.33. The van der Waals surface area contributed by atoms with E-state index in [4.69, 9.17) is 9.84 Å². The smallest absolute Gasteiger partial charge is 0.326 e. The number of aliphatic carboxylic acids is 1. The van der Waals surface area contributed by atoms with Crippen LogP contribution in [-0.4, -0.2) is 36.2 Å². The molecular weight excluding hydrogens is 246 g/mol. The number of rotatable bonds is 7. The third-order valence-corrected chi connectivity index (χ3v) is 3.46. The van der Waals surface area contributed by atoms with E-state index in [-0.39, 0.29) is 11.8 Å². The molecule has 5 nitrogen and oxygen atoms in total. The van der Waals surface area contributed by atoms with Crippen molar-refractivity contribution in [3.05, 3.63) is 0 Å². The molecule has 1 aliphatic heterocycles. The van der Waals surface area contributed by atoms with Gasteiger partial charge in [-0.15, -0.1) is 0 Å². The summed E-state index contributed by atoms with van der Waals surface area (Å²) in [5.41, 5.74) is 0. The van der Waals surface area contributed by atoms with Crippen LogP contribution in [0.2, 0.25) is 0 Å². The molecule has 110 valence electrons. The van der Waals surface area contributed by atoms with Gasteiger partial charge in [-0.2, -0.15) is 0 Å². The predicted molar refractivity (Wildman–Crippen MR) is 71.8 cm³/mol. The molecule has 1 amide bonds. The zero-order valence-electron chi connectivity index (χ0n) is 11.9. The summed E-state index contributed by atoms with van der Waals surface area (Å²) in [4.78, 5) is 22.8. The minimum Gasteiger partial charge on any atom is -0.480 e. The number of amides is 1. The van der Waals surface area contributed by atoms with Crippen molar-refractivity contribution in [1.29, 1.82) is 0 Å². The van der Waals surface area contributed by atoms with Gasteiger partial charge in [0.2, 0.25) is 5.91 Å². The van der Waals surface area contributed by atoms with E-state index in [1.807, 2.05) is 13.8 Å². The second-order valence-corrected chi connectivity index (χ2v) is 5.68. The van der Waals surface area contributed by atoms with E-state index in [9.17, 15) is 9.59 Å². The van der Waals surface area contributed by atoms with E-state index < -0.39 is 12.0 Å². The maximum Gasteiger partial charge on any atom is 0.326 e. The van der Waals surface area contributed by atoms with E-state index in [2.05, 4.69) is 5.32 Å². The number of nitrogens with one attached hydrogen (secondary N) is 1. The topological polar surface area (TPSA) is 75.6 Å². The highest BCUT2D eigenvalue weighted by atomic mass is 16.5. The third kappa shape index (κ3) is 6.57. The molecule has 0 unspecified atom stereocenters. The lowest BCUT2D eigenvalue weighted by atomic mass is 9.94. The first-order valence-corrected chi connectivity index (χ1v) is 7.09. The van der Waals surface area contributed by atoms with Crippen molar-refractivity contribution in [2.75, 3.05) is 13.2 Å². The number of carboxylic acids is 1. The highest BCUT2D eigenvalue weighted by molar-refractivity contribution is 5.83. The number of hydrogen-bond acceptors (Lipinski definition) is 3. The summed E-state index contributed by atoms with van der Waals surface area (Å²) >= 11 is 0.